The highest BCUT2D eigenvalue weighted by Crippen LogP contribution is 2.15. The summed E-state index contributed by atoms with van der Waals surface area (Å²) in [5.74, 6) is -0.411. The quantitative estimate of drug-likeness (QED) is 0.576. The van der Waals surface area contributed by atoms with E-state index in [1.54, 1.807) is 12.1 Å². The van der Waals surface area contributed by atoms with Gasteiger partial charge in [-0.3, -0.25) is 9.59 Å². The van der Waals surface area contributed by atoms with Crippen LogP contribution in [0, 0.1) is 5.41 Å². The van der Waals surface area contributed by atoms with E-state index in [4.69, 9.17) is 0 Å². The Balaban J connectivity index is 2.16. The van der Waals surface area contributed by atoms with Crippen molar-refractivity contribution in [2.45, 2.75) is 20.8 Å². The highest BCUT2D eigenvalue weighted by atomic mass is 79.9. The summed E-state index contributed by atoms with van der Waals surface area (Å²) in [6, 6.07) is 16.6. The van der Waals surface area contributed by atoms with E-state index in [9.17, 15) is 9.59 Å². The first kappa shape index (κ1) is 19.8. The Bertz CT molecular complexity index is 811. The van der Waals surface area contributed by atoms with Gasteiger partial charge in [0.05, 0.1) is 17.8 Å². The number of hydrogen-bond donors (Lipinski definition) is 2. The Kier molecular flexibility index (Phi) is 6.69. The molecule has 2 rings (SSSR count). The molecule has 2 N–H and O–H groups in total. The van der Waals surface area contributed by atoms with E-state index in [0.717, 1.165) is 10.0 Å². The van der Waals surface area contributed by atoms with Crippen LogP contribution in [0.5, 0.6) is 0 Å². The van der Waals surface area contributed by atoms with Crippen molar-refractivity contribution in [3.8, 4) is 0 Å². The SMILES string of the molecule is CC(C)(C)C(=O)NN=C(CNC(=O)c1ccccc1Br)c1ccccc1. The Labute approximate surface area is 162 Å². The molecule has 0 atom stereocenters. The molecular weight excluding hydrogens is 394 g/mol. The molecule has 0 aliphatic carbocycles. The van der Waals surface area contributed by atoms with Gasteiger partial charge in [-0.05, 0) is 33.6 Å². The van der Waals surface area contributed by atoms with E-state index in [-0.39, 0.29) is 18.4 Å². The lowest BCUT2D eigenvalue weighted by Crippen LogP contribution is -2.35. The van der Waals surface area contributed by atoms with Crippen LogP contribution in [-0.2, 0) is 4.79 Å². The Morgan fingerprint density at radius 3 is 2.23 bits per heavy atom. The van der Waals surface area contributed by atoms with Crippen LogP contribution in [0.15, 0.2) is 64.2 Å². The second-order valence-electron chi connectivity index (χ2n) is 6.78. The maximum absolute atomic E-state index is 12.4. The molecule has 0 spiro atoms. The molecular formula is C20H22BrN3O2. The molecule has 26 heavy (non-hydrogen) atoms. The van der Waals surface area contributed by atoms with E-state index < -0.39 is 5.41 Å². The Hall–Kier alpha value is -2.47. The van der Waals surface area contributed by atoms with E-state index in [1.807, 2.05) is 63.2 Å². The molecule has 2 aromatic carbocycles. The number of nitrogens with one attached hydrogen (secondary N) is 2. The number of halogens is 1. The predicted octanol–water partition coefficient (Wildman–Crippen LogP) is 3.75. The molecule has 0 aliphatic rings. The smallest absolute Gasteiger partial charge is 0.252 e. The van der Waals surface area contributed by atoms with Gasteiger partial charge in [-0.1, -0.05) is 63.2 Å². The number of carbonyl (C=O) groups excluding carboxylic acids is 2. The number of nitrogens with zero attached hydrogens (tertiary/aromatic N) is 1. The zero-order chi connectivity index (χ0) is 19.2. The summed E-state index contributed by atoms with van der Waals surface area (Å²) < 4.78 is 0.719. The fraction of sp³-hybridized carbons (Fsp3) is 0.250. The molecule has 0 saturated heterocycles. The highest BCUT2D eigenvalue weighted by molar-refractivity contribution is 9.10. The highest BCUT2D eigenvalue weighted by Gasteiger charge is 2.21. The fourth-order valence-corrected chi connectivity index (χ4v) is 2.49. The summed E-state index contributed by atoms with van der Waals surface area (Å²) in [4.78, 5) is 24.5. The summed E-state index contributed by atoms with van der Waals surface area (Å²) in [5, 5.41) is 7.09. The van der Waals surface area contributed by atoms with Crippen molar-refractivity contribution < 1.29 is 9.59 Å². The summed E-state index contributed by atoms with van der Waals surface area (Å²) in [6.45, 7) is 5.63. The van der Waals surface area contributed by atoms with Crippen LogP contribution >= 0.6 is 15.9 Å². The van der Waals surface area contributed by atoms with Gasteiger partial charge >= 0.3 is 0 Å². The maximum Gasteiger partial charge on any atom is 0.252 e. The largest absolute Gasteiger partial charge is 0.346 e. The monoisotopic (exact) mass is 415 g/mol. The molecule has 0 saturated carbocycles. The lowest BCUT2D eigenvalue weighted by Gasteiger charge is -2.16. The number of amides is 2. The second-order valence-corrected chi connectivity index (χ2v) is 7.63. The van der Waals surface area contributed by atoms with Crippen LogP contribution in [0.4, 0.5) is 0 Å². The van der Waals surface area contributed by atoms with E-state index in [0.29, 0.717) is 11.3 Å². The number of rotatable bonds is 5. The van der Waals surface area contributed by atoms with Gasteiger partial charge in [0.15, 0.2) is 0 Å². The first-order valence-corrected chi connectivity index (χ1v) is 9.03. The molecule has 136 valence electrons. The average molecular weight is 416 g/mol. The summed E-state index contributed by atoms with van der Waals surface area (Å²) in [7, 11) is 0. The first-order valence-electron chi connectivity index (χ1n) is 8.24. The van der Waals surface area contributed by atoms with Crippen molar-refractivity contribution in [1.29, 1.82) is 0 Å². The van der Waals surface area contributed by atoms with Gasteiger partial charge in [-0.25, -0.2) is 5.43 Å². The molecule has 0 bridgehead atoms. The normalized spacial score (nSPS) is 11.8. The van der Waals surface area contributed by atoms with Gasteiger partial charge in [0.1, 0.15) is 0 Å². The molecule has 6 heteroatoms. The first-order chi connectivity index (χ1) is 12.3. The summed E-state index contributed by atoms with van der Waals surface area (Å²) in [5.41, 5.74) is 3.97. The van der Waals surface area contributed by atoms with Gasteiger partial charge in [-0.15, -0.1) is 0 Å². The van der Waals surface area contributed by atoms with Crippen molar-refractivity contribution >= 4 is 33.5 Å². The molecule has 0 radical (unpaired) electrons. The van der Waals surface area contributed by atoms with E-state index >= 15 is 0 Å². The summed E-state index contributed by atoms with van der Waals surface area (Å²) >= 11 is 3.37. The van der Waals surface area contributed by atoms with Crippen LogP contribution in [0.2, 0.25) is 0 Å². The average Bonchev–Trinajstić information content (AvgIpc) is 2.61. The topological polar surface area (TPSA) is 70.6 Å². The van der Waals surface area contributed by atoms with Gasteiger partial charge in [0.2, 0.25) is 5.91 Å². The molecule has 0 heterocycles. The minimum atomic E-state index is -0.552. The number of hydrazone groups is 1. The molecule has 0 aliphatic heterocycles. The van der Waals surface area contributed by atoms with Crippen LogP contribution in [0.3, 0.4) is 0 Å². The third kappa shape index (κ3) is 5.52. The molecule has 0 unspecified atom stereocenters. The number of benzene rings is 2. The lowest BCUT2D eigenvalue weighted by atomic mass is 9.96. The van der Waals surface area contributed by atoms with Gasteiger partial charge < -0.3 is 5.32 Å². The lowest BCUT2D eigenvalue weighted by molar-refractivity contribution is -0.128. The zero-order valence-corrected chi connectivity index (χ0v) is 16.6. The van der Waals surface area contributed by atoms with Gasteiger partial charge in [0, 0.05) is 9.89 Å². The van der Waals surface area contributed by atoms with E-state index in [2.05, 4.69) is 31.8 Å². The van der Waals surface area contributed by atoms with Crippen LogP contribution in [0.25, 0.3) is 0 Å². The fourth-order valence-electron chi connectivity index (χ4n) is 2.03. The standard InChI is InChI=1S/C20H22BrN3O2/c1-20(2,3)19(26)24-23-17(14-9-5-4-6-10-14)13-22-18(25)15-11-7-8-12-16(15)21/h4-12H,13H2,1-3H3,(H,22,25)(H,24,26). The minimum Gasteiger partial charge on any atom is -0.346 e. The molecule has 2 aromatic rings. The molecule has 2 amide bonds. The van der Waals surface area contributed by atoms with Crippen LogP contribution < -0.4 is 10.7 Å². The van der Waals surface area contributed by atoms with Crippen molar-refractivity contribution in [2.75, 3.05) is 6.54 Å². The number of carbonyl (C=O) groups is 2. The van der Waals surface area contributed by atoms with Crippen LogP contribution in [0.1, 0.15) is 36.7 Å². The van der Waals surface area contributed by atoms with Crippen molar-refractivity contribution in [1.82, 2.24) is 10.7 Å². The second kappa shape index (κ2) is 8.76. The van der Waals surface area contributed by atoms with Crippen molar-refractivity contribution in [3.63, 3.8) is 0 Å². The van der Waals surface area contributed by atoms with Crippen molar-refractivity contribution in [3.05, 3.63) is 70.2 Å². The van der Waals surface area contributed by atoms with Gasteiger partial charge in [0.25, 0.3) is 5.91 Å². The third-order valence-electron chi connectivity index (χ3n) is 3.62. The van der Waals surface area contributed by atoms with E-state index in [1.165, 1.54) is 0 Å². The minimum absolute atomic E-state index is 0.189. The predicted molar refractivity (Wildman–Crippen MR) is 107 cm³/mol. The maximum atomic E-state index is 12.4. The Morgan fingerprint density at radius 1 is 1.00 bits per heavy atom. The third-order valence-corrected chi connectivity index (χ3v) is 4.31. The molecule has 0 fully saturated rings. The number of hydrogen-bond acceptors (Lipinski definition) is 3. The zero-order valence-electron chi connectivity index (χ0n) is 15.0. The molecule has 0 aromatic heterocycles. The van der Waals surface area contributed by atoms with Crippen molar-refractivity contribution in [2.24, 2.45) is 10.5 Å². The van der Waals surface area contributed by atoms with Crippen LogP contribution in [-0.4, -0.2) is 24.1 Å². The Morgan fingerprint density at radius 2 is 1.62 bits per heavy atom. The molecule has 5 nitrogen and oxygen atoms in total. The van der Waals surface area contributed by atoms with Gasteiger partial charge in [-0.2, -0.15) is 5.10 Å². The summed E-state index contributed by atoms with van der Waals surface area (Å²) in [6.07, 6.45) is 0.